The van der Waals surface area contributed by atoms with Crippen LogP contribution in [0.2, 0.25) is 0 Å². The molecule has 1 saturated heterocycles. The number of nitro groups is 1. The number of thioether (sulfide) groups is 1. The lowest BCUT2D eigenvalue weighted by molar-refractivity contribution is -0.384. The average Bonchev–Trinajstić information content (AvgIpc) is 2.73. The first kappa shape index (κ1) is 18.6. The van der Waals surface area contributed by atoms with Crippen LogP contribution in [0.5, 0.6) is 0 Å². The molecular weight excluding hydrogens is 372 g/mol. The third-order valence-electron chi connectivity index (χ3n) is 5.25. The van der Waals surface area contributed by atoms with Gasteiger partial charge in [0.15, 0.2) is 0 Å². The molecule has 3 aromatic rings. The Balaban J connectivity index is 1.53. The second kappa shape index (κ2) is 7.67. The van der Waals surface area contributed by atoms with Gasteiger partial charge in [0, 0.05) is 54.3 Å². The van der Waals surface area contributed by atoms with Crippen molar-refractivity contribution < 1.29 is 4.92 Å². The number of para-hydroxylation sites is 1. The zero-order valence-electron chi connectivity index (χ0n) is 16.0. The number of benzene rings is 2. The predicted molar refractivity (Wildman–Crippen MR) is 116 cm³/mol. The third-order valence-corrected chi connectivity index (χ3v) is 6.01. The SMILES string of the molecule is CSc1cccc2c(C)cc(N3CCN(c4ccc([N+](=O)[O-])cc4)CC3)nc12. The number of hydrogen-bond acceptors (Lipinski definition) is 6. The van der Waals surface area contributed by atoms with Crippen LogP contribution in [0.3, 0.4) is 0 Å². The molecule has 1 aliphatic rings. The molecular formula is C21H22N4O2S. The number of nitro benzene ring substituents is 1. The topological polar surface area (TPSA) is 62.5 Å². The minimum atomic E-state index is -0.363. The van der Waals surface area contributed by atoms with E-state index in [2.05, 4.69) is 47.2 Å². The number of aromatic nitrogens is 1. The minimum Gasteiger partial charge on any atom is -0.368 e. The molecule has 144 valence electrons. The van der Waals surface area contributed by atoms with Crippen molar-refractivity contribution in [3.05, 3.63) is 64.2 Å². The summed E-state index contributed by atoms with van der Waals surface area (Å²) in [5.74, 6) is 1.02. The zero-order chi connectivity index (χ0) is 19.7. The molecule has 1 aliphatic heterocycles. The maximum absolute atomic E-state index is 10.8. The van der Waals surface area contributed by atoms with E-state index in [1.807, 2.05) is 12.1 Å². The number of non-ortho nitro benzene ring substituents is 1. The number of pyridine rings is 1. The van der Waals surface area contributed by atoms with E-state index in [4.69, 9.17) is 4.98 Å². The quantitative estimate of drug-likeness (QED) is 0.369. The lowest BCUT2D eigenvalue weighted by Gasteiger charge is -2.37. The first-order chi connectivity index (χ1) is 13.6. The fourth-order valence-electron chi connectivity index (χ4n) is 3.68. The summed E-state index contributed by atoms with van der Waals surface area (Å²) in [6.45, 7) is 5.61. The summed E-state index contributed by atoms with van der Waals surface area (Å²) in [6, 6.07) is 15.3. The lowest BCUT2D eigenvalue weighted by atomic mass is 10.1. The molecule has 28 heavy (non-hydrogen) atoms. The number of fused-ring (bicyclic) bond motifs is 1. The van der Waals surface area contributed by atoms with Crippen LogP contribution in [0.15, 0.2) is 53.4 Å². The average molecular weight is 395 g/mol. The van der Waals surface area contributed by atoms with Crippen LogP contribution >= 0.6 is 11.8 Å². The minimum absolute atomic E-state index is 0.128. The molecule has 0 spiro atoms. The van der Waals surface area contributed by atoms with Gasteiger partial charge in [0.1, 0.15) is 5.82 Å². The molecule has 0 aliphatic carbocycles. The molecule has 0 bridgehead atoms. The van der Waals surface area contributed by atoms with E-state index in [1.165, 1.54) is 15.8 Å². The molecule has 2 heterocycles. The number of aryl methyl sites for hydroxylation is 1. The molecule has 1 fully saturated rings. The van der Waals surface area contributed by atoms with Crippen molar-refractivity contribution in [1.29, 1.82) is 0 Å². The van der Waals surface area contributed by atoms with Crippen molar-refractivity contribution in [2.24, 2.45) is 0 Å². The highest BCUT2D eigenvalue weighted by Crippen LogP contribution is 2.30. The van der Waals surface area contributed by atoms with Gasteiger partial charge in [-0.2, -0.15) is 0 Å². The van der Waals surface area contributed by atoms with Crippen LogP contribution in [-0.2, 0) is 0 Å². The van der Waals surface area contributed by atoms with Crippen molar-refractivity contribution in [2.45, 2.75) is 11.8 Å². The fourth-order valence-corrected chi connectivity index (χ4v) is 4.24. The predicted octanol–water partition coefficient (Wildman–Crippen LogP) is 4.50. The highest BCUT2D eigenvalue weighted by Gasteiger charge is 2.20. The van der Waals surface area contributed by atoms with E-state index in [0.29, 0.717) is 0 Å². The molecule has 2 aromatic carbocycles. The van der Waals surface area contributed by atoms with Crippen molar-refractivity contribution in [3.63, 3.8) is 0 Å². The molecule has 1 aromatic heterocycles. The first-order valence-electron chi connectivity index (χ1n) is 9.25. The normalized spacial score (nSPS) is 14.5. The molecule has 0 N–H and O–H groups in total. The molecule has 0 amide bonds. The summed E-state index contributed by atoms with van der Waals surface area (Å²) < 4.78 is 0. The number of hydrogen-bond donors (Lipinski definition) is 0. The van der Waals surface area contributed by atoms with Crippen molar-refractivity contribution in [2.75, 3.05) is 42.2 Å². The summed E-state index contributed by atoms with van der Waals surface area (Å²) in [4.78, 5) is 21.2. The Morgan fingerprint density at radius 2 is 1.71 bits per heavy atom. The van der Waals surface area contributed by atoms with Gasteiger partial charge in [0.05, 0.1) is 10.4 Å². The number of rotatable bonds is 4. The Labute approximate surface area is 168 Å². The van der Waals surface area contributed by atoms with Crippen LogP contribution in [0.4, 0.5) is 17.2 Å². The molecule has 0 atom stereocenters. The van der Waals surface area contributed by atoms with E-state index >= 15 is 0 Å². The number of anilines is 2. The van der Waals surface area contributed by atoms with Gasteiger partial charge >= 0.3 is 0 Å². The first-order valence-corrected chi connectivity index (χ1v) is 10.5. The second-order valence-electron chi connectivity index (χ2n) is 6.90. The highest BCUT2D eigenvalue weighted by molar-refractivity contribution is 7.98. The Hall–Kier alpha value is -2.80. The summed E-state index contributed by atoms with van der Waals surface area (Å²) in [5.41, 5.74) is 3.47. The molecule has 0 unspecified atom stereocenters. The maximum atomic E-state index is 10.8. The van der Waals surface area contributed by atoms with Gasteiger partial charge in [-0.25, -0.2) is 4.98 Å². The van der Waals surface area contributed by atoms with E-state index in [1.54, 1.807) is 23.9 Å². The molecule has 4 rings (SSSR count). The fraction of sp³-hybridized carbons (Fsp3) is 0.286. The van der Waals surface area contributed by atoms with Gasteiger partial charge in [-0.1, -0.05) is 12.1 Å². The summed E-state index contributed by atoms with van der Waals surface area (Å²) in [7, 11) is 0. The monoisotopic (exact) mass is 394 g/mol. The number of piperazine rings is 1. The van der Waals surface area contributed by atoms with Gasteiger partial charge in [-0.05, 0) is 43.0 Å². The molecule has 6 nitrogen and oxygen atoms in total. The number of nitrogens with zero attached hydrogens (tertiary/aromatic N) is 4. The summed E-state index contributed by atoms with van der Waals surface area (Å²) >= 11 is 1.73. The van der Waals surface area contributed by atoms with Crippen LogP contribution in [0.1, 0.15) is 5.56 Å². The van der Waals surface area contributed by atoms with Crippen molar-refractivity contribution >= 4 is 39.9 Å². The van der Waals surface area contributed by atoms with Crippen LogP contribution < -0.4 is 9.80 Å². The Morgan fingerprint density at radius 1 is 1.04 bits per heavy atom. The van der Waals surface area contributed by atoms with Gasteiger partial charge in [0.2, 0.25) is 0 Å². The van der Waals surface area contributed by atoms with E-state index in [0.717, 1.165) is 43.2 Å². The summed E-state index contributed by atoms with van der Waals surface area (Å²) in [6.07, 6.45) is 2.08. The summed E-state index contributed by atoms with van der Waals surface area (Å²) in [5, 5.41) is 12.0. The molecule has 0 radical (unpaired) electrons. The maximum Gasteiger partial charge on any atom is 0.269 e. The van der Waals surface area contributed by atoms with Gasteiger partial charge in [-0.3, -0.25) is 10.1 Å². The van der Waals surface area contributed by atoms with Crippen molar-refractivity contribution in [1.82, 2.24) is 4.98 Å². The second-order valence-corrected chi connectivity index (χ2v) is 7.75. The Kier molecular flexibility index (Phi) is 5.09. The third kappa shape index (κ3) is 3.49. The molecule has 0 saturated carbocycles. The Morgan fingerprint density at radius 3 is 2.36 bits per heavy atom. The van der Waals surface area contributed by atoms with Crippen LogP contribution in [0.25, 0.3) is 10.9 Å². The van der Waals surface area contributed by atoms with Crippen molar-refractivity contribution in [3.8, 4) is 0 Å². The van der Waals surface area contributed by atoms with E-state index in [-0.39, 0.29) is 10.6 Å². The lowest BCUT2D eigenvalue weighted by Crippen LogP contribution is -2.46. The van der Waals surface area contributed by atoms with Crippen LogP contribution in [-0.4, -0.2) is 42.3 Å². The zero-order valence-corrected chi connectivity index (χ0v) is 16.8. The molecule has 7 heteroatoms. The van der Waals surface area contributed by atoms with Crippen LogP contribution in [0, 0.1) is 17.0 Å². The highest BCUT2D eigenvalue weighted by atomic mass is 32.2. The van der Waals surface area contributed by atoms with E-state index < -0.39 is 0 Å². The van der Waals surface area contributed by atoms with Gasteiger partial charge in [-0.15, -0.1) is 11.8 Å². The van der Waals surface area contributed by atoms with E-state index in [9.17, 15) is 10.1 Å². The van der Waals surface area contributed by atoms with Gasteiger partial charge in [0.25, 0.3) is 5.69 Å². The largest absolute Gasteiger partial charge is 0.368 e. The van der Waals surface area contributed by atoms with Gasteiger partial charge < -0.3 is 9.80 Å². The Bertz CT molecular complexity index is 1010. The standard InChI is InChI=1S/C21H22N4O2S/c1-15-14-20(22-21-18(15)4-3-5-19(21)28-2)24-12-10-23(11-13-24)16-6-8-17(9-7-16)25(26)27/h3-9,14H,10-13H2,1-2H3. The smallest absolute Gasteiger partial charge is 0.269 e.